The Balaban J connectivity index is 2.04. The second-order valence-electron chi connectivity index (χ2n) is 4.76. The zero-order chi connectivity index (χ0) is 9.47. The summed E-state index contributed by atoms with van der Waals surface area (Å²) in [6.45, 7) is 6.30. The number of ether oxygens (including phenoxy) is 1. The van der Waals surface area contributed by atoms with Gasteiger partial charge in [-0.05, 0) is 32.9 Å². The van der Waals surface area contributed by atoms with Gasteiger partial charge in [-0.2, -0.15) is 0 Å². The molecule has 3 heteroatoms. The number of nitrogens with zero attached hydrogens (tertiary/aromatic N) is 1. The van der Waals surface area contributed by atoms with Crippen molar-refractivity contribution in [3.63, 3.8) is 0 Å². The average molecular weight is 184 g/mol. The predicted molar refractivity (Wildman–Crippen MR) is 52.5 cm³/mol. The Bertz CT molecular complexity index is 189. The summed E-state index contributed by atoms with van der Waals surface area (Å²) in [4.78, 5) is 2.40. The van der Waals surface area contributed by atoms with Crippen LogP contribution in [0.1, 0.15) is 13.3 Å². The van der Waals surface area contributed by atoms with Crippen LogP contribution in [0.5, 0.6) is 0 Å². The smallest absolute Gasteiger partial charge is 0.0562 e. The molecule has 13 heavy (non-hydrogen) atoms. The highest BCUT2D eigenvalue weighted by atomic mass is 16.5. The molecule has 3 nitrogen and oxygen atoms in total. The van der Waals surface area contributed by atoms with E-state index < -0.39 is 0 Å². The fraction of sp³-hybridized carbons (Fsp3) is 1.00. The highest BCUT2D eigenvalue weighted by Gasteiger charge is 2.49. The van der Waals surface area contributed by atoms with Gasteiger partial charge in [0.2, 0.25) is 0 Å². The van der Waals surface area contributed by atoms with E-state index in [0.717, 1.165) is 19.1 Å². The lowest BCUT2D eigenvalue weighted by Crippen LogP contribution is -2.58. The molecule has 0 bridgehead atoms. The van der Waals surface area contributed by atoms with E-state index in [0.29, 0.717) is 5.41 Å². The highest BCUT2D eigenvalue weighted by molar-refractivity contribution is 5.00. The van der Waals surface area contributed by atoms with Crippen molar-refractivity contribution in [2.45, 2.75) is 19.4 Å². The molecule has 2 saturated heterocycles. The molecule has 0 aromatic carbocycles. The van der Waals surface area contributed by atoms with Gasteiger partial charge in [0.1, 0.15) is 0 Å². The van der Waals surface area contributed by atoms with Crippen LogP contribution in [0.2, 0.25) is 0 Å². The van der Waals surface area contributed by atoms with Crippen LogP contribution in [0.4, 0.5) is 0 Å². The normalized spacial score (nSPS) is 35.8. The maximum atomic E-state index is 6.06. The number of hydrogen-bond donors (Lipinski definition) is 1. The molecule has 0 radical (unpaired) electrons. The van der Waals surface area contributed by atoms with Crippen LogP contribution >= 0.6 is 0 Å². The second-order valence-corrected chi connectivity index (χ2v) is 4.76. The SMILES string of the molecule is CC(N)C1(C2CCN(C)C2)COC1. The largest absolute Gasteiger partial charge is 0.380 e. The standard InChI is InChI=1S/C10H20N2O/c1-8(11)10(6-13-7-10)9-3-4-12(2)5-9/h8-9H,3-7,11H2,1-2H3. The quantitative estimate of drug-likeness (QED) is 0.671. The molecule has 2 rings (SSSR count). The van der Waals surface area contributed by atoms with Crippen molar-refractivity contribution in [2.24, 2.45) is 17.1 Å². The van der Waals surface area contributed by atoms with Gasteiger partial charge in [-0.3, -0.25) is 0 Å². The molecule has 2 unspecified atom stereocenters. The van der Waals surface area contributed by atoms with Crippen LogP contribution in [0.3, 0.4) is 0 Å². The number of likely N-dealkylation sites (tertiary alicyclic amines) is 1. The van der Waals surface area contributed by atoms with Crippen molar-refractivity contribution in [3.05, 3.63) is 0 Å². The monoisotopic (exact) mass is 184 g/mol. The Kier molecular flexibility index (Phi) is 2.34. The van der Waals surface area contributed by atoms with Gasteiger partial charge in [-0.15, -0.1) is 0 Å². The lowest BCUT2D eigenvalue weighted by atomic mass is 9.68. The number of hydrogen-bond acceptors (Lipinski definition) is 3. The maximum Gasteiger partial charge on any atom is 0.0562 e. The van der Waals surface area contributed by atoms with E-state index >= 15 is 0 Å². The van der Waals surface area contributed by atoms with Crippen LogP contribution in [-0.4, -0.2) is 44.3 Å². The van der Waals surface area contributed by atoms with Crippen molar-refractivity contribution >= 4 is 0 Å². The lowest BCUT2D eigenvalue weighted by molar-refractivity contribution is -0.153. The van der Waals surface area contributed by atoms with Crippen LogP contribution < -0.4 is 5.73 Å². The Labute approximate surface area is 80.2 Å². The number of rotatable bonds is 2. The summed E-state index contributed by atoms with van der Waals surface area (Å²) in [6.07, 6.45) is 1.29. The molecule has 2 aliphatic rings. The molecule has 2 atom stereocenters. The van der Waals surface area contributed by atoms with Gasteiger partial charge in [0.15, 0.2) is 0 Å². The van der Waals surface area contributed by atoms with Gasteiger partial charge >= 0.3 is 0 Å². The van der Waals surface area contributed by atoms with Crippen molar-refractivity contribution in [3.8, 4) is 0 Å². The van der Waals surface area contributed by atoms with E-state index in [1.54, 1.807) is 0 Å². The van der Waals surface area contributed by atoms with Crippen molar-refractivity contribution < 1.29 is 4.74 Å². The summed E-state index contributed by atoms with van der Waals surface area (Å²) in [7, 11) is 2.19. The minimum Gasteiger partial charge on any atom is -0.380 e. The maximum absolute atomic E-state index is 6.06. The summed E-state index contributed by atoms with van der Waals surface area (Å²) in [5.74, 6) is 0.756. The predicted octanol–water partition coefficient (Wildman–Crippen LogP) is 0.302. The molecule has 0 aliphatic carbocycles. The zero-order valence-electron chi connectivity index (χ0n) is 8.62. The summed E-state index contributed by atoms with van der Waals surface area (Å²) in [5, 5.41) is 0. The second kappa shape index (κ2) is 3.23. The Morgan fingerprint density at radius 1 is 1.54 bits per heavy atom. The van der Waals surface area contributed by atoms with Crippen LogP contribution in [0, 0.1) is 11.3 Å². The molecule has 0 aromatic rings. The fourth-order valence-electron chi connectivity index (χ4n) is 2.61. The number of nitrogens with two attached hydrogens (primary N) is 1. The molecule has 0 aromatic heterocycles. The van der Waals surface area contributed by atoms with Gasteiger partial charge in [-0.1, -0.05) is 0 Å². The first-order chi connectivity index (χ1) is 6.15. The van der Waals surface area contributed by atoms with Crippen LogP contribution in [-0.2, 0) is 4.74 Å². The Morgan fingerprint density at radius 2 is 2.23 bits per heavy atom. The van der Waals surface area contributed by atoms with Gasteiger partial charge < -0.3 is 15.4 Å². The molecular formula is C10H20N2O. The highest BCUT2D eigenvalue weighted by Crippen LogP contribution is 2.42. The summed E-state index contributed by atoms with van der Waals surface area (Å²) < 4.78 is 5.35. The molecule has 0 spiro atoms. The first kappa shape index (κ1) is 9.44. The molecule has 0 amide bonds. The first-order valence-corrected chi connectivity index (χ1v) is 5.17. The first-order valence-electron chi connectivity index (χ1n) is 5.17. The molecule has 0 saturated carbocycles. The van der Waals surface area contributed by atoms with Crippen molar-refractivity contribution in [2.75, 3.05) is 33.4 Å². The summed E-state index contributed by atoms with van der Waals surface area (Å²) in [5.41, 5.74) is 6.36. The minimum atomic E-state index is 0.276. The van der Waals surface area contributed by atoms with E-state index in [2.05, 4.69) is 18.9 Å². The van der Waals surface area contributed by atoms with Crippen LogP contribution in [0.15, 0.2) is 0 Å². The van der Waals surface area contributed by atoms with E-state index in [1.807, 2.05) is 0 Å². The molecule has 2 N–H and O–H groups in total. The van der Waals surface area contributed by atoms with Gasteiger partial charge in [0.05, 0.1) is 13.2 Å². The summed E-state index contributed by atoms with van der Waals surface area (Å²) >= 11 is 0. The molecule has 2 fully saturated rings. The molecular weight excluding hydrogens is 164 g/mol. The average Bonchev–Trinajstić information content (AvgIpc) is 2.32. The third kappa shape index (κ3) is 1.39. The Morgan fingerprint density at radius 3 is 2.54 bits per heavy atom. The third-order valence-electron chi connectivity index (χ3n) is 3.85. The lowest BCUT2D eigenvalue weighted by Gasteiger charge is -2.49. The van der Waals surface area contributed by atoms with E-state index in [9.17, 15) is 0 Å². The molecule has 76 valence electrons. The van der Waals surface area contributed by atoms with E-state index in [-0.39, 0.29) is 6.04 Å². The minimum absolute atomic E-state index is 0.276. The molecule has 2 aliphatic heterocycles. The Hall–Kier alpha value is -0.120. The van der Waals surface area contributed by atoms with Gasteiger partial charge in [0, 0.05) is 18.0 Å². The van der Waals surface area contributed by atoms with Crippen molar-refractivity contribution in [1.29, 1.82) is 0 Å². The van der Waals surface area contributed by atoms with E-state index in [1.165, 1.54) is 19.5 Å². The fourth-order valence-corrected chi connectivity index (χ4v) is 2.61. The third-order valence-corrected chi connectivity index (χ3v) is 3.85. The summed E-state index contributed by atoms with van der Waals surface area (Å²) in [6, 6.07) is 0.276. The molecule has 2 heterocycles. The van der Waals surface area contributed by atoms with Gasteiger partial charge in [-0.25, -0.2) is 0 Å². The van der Waals surface area contributed by atoms with Crippen LogP contribution in [0.25, 0.3) is 0 Å². The van der Waals surface area contributed by atoms with Crippen molar-refractivity contribution in [1.82, 2.24) is 4.90 Å². The van der Waals surface area contributed by atoms with Gasteiger partial charge in [0.25, 0.3) is 0 Å². The topological polar surface area (TPSA) is 38.5 Å². The zero-order valence-corrected chi connectivity index (χ0v) is 8.62. The van der Waals surface area contributed by atoms with E-state index in [4.69, 9.17) is 10.5 Å².